The van der Waals surface area contributed by atoms with E-state index in [1.807, 2.05) is 0 Å². The molecule has 0 aliphatic rings. The number of nitrogens with zero attached hydrogens (tertiary/aromatic N) is 1. The second-order valence-corrected chi connectivity index (χ2v) is 5.90. The summed E-state index contributed by atoms with van der Waals surface area (Å²) in [5, 5.41) is 0. The predicted molar refractivity (Wildman–Crippen MR) is 84.1 cm³/mol. The Balaban J connectivity index is 2.78. The van der Waals surface area contributed by atoms with Crippen molar-refractivity contribution in [1.29, 1.82) is 0 Å². The fraction of sp³-hybridized carbons (Fsp3) is 0.647. The van der Waals surface area contributed by atoms with Crippen molar-refractivity contribution in [3.8, 4) is 0 Å². The highest BCUT2D eigenvalue weighted by Gasteiger charge is 2.28. The Morgan fingerprint density at radius 3 is 2.11 bits per heavy atom. The highest BCUT2D eigenvalue weighted by molar-refractivity contribution is 5.14. The summed E-state index contributed by atoms with van der Waals surface area (Å²) in [5.74, 6) is 0. The third kappa shape index (κ3) is 4.63. The maximum absolute atomic E-state index is 6.04. The Kier molecular flexibility index (Phi) is 6.53. The molecule has 2 heteroatoms. The zero-order valence-electron chi connectivity index (χ0n) is 13.0. The van der Waals surface area contributed by atoms with E-state index in [4.69, 9.17) is 5.73 Å². The molecule has 0 spiro atoms. The van der Waals surface area contributed by atoms with Gasteiger partial charge < -0.3 is 5.73 Å². The van der Waals surface area contributed by atoms with Gasteiger partial charge in [0, 0.05) is 19.1 Å². The smallest absolute Gasteiger partial charge is 0.0236 e. The molecule has 0 aliphatic heterocycles. The first-order valence-corrected chi connectivity index (χ1v) is 7.55. The molecule has 0 aromatic heterocycles. The SMILES string of the molecule is CCC(CC)(CN)CN(Cc1ccccc1)C(C)C. The van der Waals surface area contributed by atoms with Crippen LogP contribution in [0.25, 0.3) is 0 Å². The number of hydrogen-bond acceptors (Lipinski definition) is 2. The molecule has 1 rings (SSSR count). The first kappa shape index (κ1) is 16.2. The minimum absolute atomic E-state index is 0.263. The standard InChI is InChI=1S/C17H30N2/c1-5-17(6-2,13-18)14-19(15(3)4)12-16-10-8-7-9-11-16/h7-11,15H,5-6,12-14,18H2,1-4H3. The lowest BCUT2D eigenvalue weighted by Crippen LogP contribution is -2.44. The van der Waals surface area contributed by atoms with Crippen LogP contribution >= 0.6 is 0 Å². The molecule has 0 amide bonds. The van der Waals surface area contributed by atoms with Gasteiger partial charge in [-0.1, -0.05) is 44.2 Å². The maximum Gasteiger partial charge on any atom is 0.0236 e. The van der Waals surface area contributed by atoms with Crippen LogP contribution in [0.1, 0.15) is 46.1 Å². The van der Waals surface area contributed by atoms with E-state index in [0.29, 0.717) is 6.04 Å². The van der Waals surface area contributed by atoms with Crippen LogP contribution in [0.3, 0.4) is 0 Å². The van der Waals surface area contributed by atoms with Crippen LogP contribution in [0.5, 0.6) is 0 Å². The van der Waals surface area contributed by atoms with Crippen LogP contribution in [0, 0.1) is 5.41 Å². The molecule has 0 saturated carbocycles. The summed E-state index contributed by atoms with van der Waals surface area (Å²) in [7, 11) is 0. The van der Waals surface area contributed by atoms with Gasteiger partial charge in [0.25, 0.3) is 0 Å². The summed E-state index contributed by atoms with van der Waals surface area (Å²) >= 11 is 0. The molecule has 0 fully saturated rings. The third-order valence-corrected chi connectivity index (χ3v) is 4.43. The summed E-state index contributed by atoms with van der Waals surface area (Å²) in [6.07, 6.45) is 2.30. The van der Waals surface area contributed by atoms with Crippen molar-refractivity contribution < 1.29 is 0 Å². The molecular weight excluding hydrogens is 232 g/mol. The largest absolute Gasteiger partial charge is 0.330 e. The molecule has 0 unspecified atom stereocenters. The van der Waals surface area contributed by atoms with Crippen molar-refractivity contribution in [2.45, 2.75) is 53.1 Å². The Labute approximate surface area is 119 Å². The molecular formula is C17H30N2. The van der Waals surface area contributed by atoms with Gasteiger partial charge in [-0.05, 0) is 44.2 Å². The van der Waals surface area contributed by atoms with Gasteiger partial charge in [-0.15, -0.1) is 0 Å². The average Bonchev–Trinajstić information content (AvgIpc) is 2.45. The fourth-order valence-corrected chi connectivity index (χ4v) is 2.50. The van der Waals surface area contributed by atoms with E-state index in [-0.39, 0.29) is 5.41 Å². The number of hydrogen-bond donors (Lipinski definition) is 1. The van der Waals surface area contributed by atoms with Gasteiger partial charge in [0.15, 0.2) is 0 Å². The Morgan fingerprint density at radius 1 is 1.11 bits per heavy atom. The molecule has 1 aromatic rings. The Hall–Kier alpha value is -0.860. The van der Waals surface area contributed by atoms with Crippen molar-refractivity contribution in [2.75, 3.05) is 13.1 Å². The van der Waals surface area contributed by atoms with Gasteiger partial charge >= 0.3 is 0 Å². The highest BCUT2D eigenvalue weighted by Crippen LogP contribution is 2.27. The van der Waals surface area contributed by atoms with E-state index in [1.165, 1.54) is 5.56 Å². The Morgan fingerprint density at radius 2 is 1.68 bits per heavy atom. The second-order valence-electron chi connectivity index (χ2n) is 5.90. The van der Waals surface area contributed by atoms with Crippen molar-refractivity contribution in [3.05, 3.63) is 35.9 Å². The van der Waals surface area contributed by atoms with E-state index in [9.17, 15) is 0 Å². The molecule has 2 nitrogen and oxygen atoms in total. The number of rotatable bonds is 8. The first-order chi connectivity index (χ1) is 9.06. The van der Waals surface area contributed by atoms with Gasteiger partial charge in [0.1, 0.15) is 0 Å². The topological polar surface area (TPSA) is 29.3 Å². The summed E-state index contributed by atoms with van der Waals surface area (Å²) in [6, 6.07) is 11.3. The molecule has 0 aliphatic carbocycles. The van der Waals surface area contributed by atoms with Crippen molar-refractivity contribution in [2.24, 2.45) is 11.1 Å². The van der Waals surface area contributed by atoms with E-state index >= 15 is 0 Å². The van der Waals surface area contributed by atoms with Crippen LogP contribution in [0.4, 0.5) is 0 Å². The van der Waals surface area contributed by atoms with Gasteiger partial charge in [-0.2, -0.15) is 0 Å². The molecule has 1 aromatic carbocycles. The van der Waals surface area contributed by atoms with Crippen molar-refractivity contribution in [3.63, 3.8) is 0 Å². The zero-order valence-corrected chi connectivity index (χ0v) is 13.0. The molecule has 108 valence electrons. The van der Waals surface area contributed by atoms with Crippen LogP contribution in [0.2, 0.25) is 0 Å². The molecule has 19 heavy (non-hydrogen) atoms. The van der Waals surface area contributed by atoms with E-state index in [0.717, 1.165) is 32.5 Å². The summed E-state index contributed by atoms with van der Waals surface area (Å²) in [5.41, 5.74) is 7.69. The minimum Gasteiger partial charge on any atom is -0.330 e. The second kappa shape index (κ2) is 7.66. The van der Waals surface area contributed by atoms with Gasteiger partial charge in [-0.3, -0.25) is 4.90 Å². The van der Waals surface area contributed by atoms with Gasteiger partial charge in [0.2, 0.25) is 0 Å². The lowest BCUT2D eigenvalue weighted by Gasteiger charge is -2.38. The molecule has 0 bridgehead atoms. The quantitative estimate of drug-likeness (QED) is 0.774. The van der Waals surface area contributed by atoms with Gasteiger partial charge in [-0.25, -0.2) is 0 Å². The third-order valence-electron chi connectivity index (χ3n) is 4.43. The maximum atomic E-state index is 6.04. The molecule has 0 heterocycles. The number of benzene rings is 1. The van der Waals surface area contributed by atoms with E-state index in [1.54, 1.807) is 0 Å². The lowest BCUT2D eigenvalue weighted by molar-refractivity contribution is 0.111. The normalized spacial score (nSPS) is 12.4. The summed E-state index contributed by atoms with van der Waals surface area (Å²) < 4.78 is 0. The lowest BCUT2D eigenvalue weighted by atomic mass is 9.81. The number of nitrogens with two attached hydrogens (primary N) is 1. The molecule has 0 saturated heterocycles. The van der Waals surface area contributed by atoms with E-state index < -0.39 is 0 Å². The highest BCUT2D eigenvalue weighted by atomic mass is 15.2. The zero-order chi connectivity index (χ0) is 14.3. The Bertz CT molecular complexity index is 333. The van der Waals surface area contributed by atoms with Crippen LogP contribution in [0.15, 0.2) is 30.3 Å². The average molecular weight is 262 g/mol. The first-order valence-electron chi connectivity index (χ1n) is 7.55. The molecule has 0 atom stereocenters. The summed E-state index contributed by atoms with van der Waals surface area (Å²) in [4.78, 5) is 2.55. The van der Waals surface area contributed by atoms with Crippen molar-refractivity contribution >= 4 is 0 Å². The van der Waals surface area contributed by atoms with Crippen molar-refractivity contribution in [1.82, 2.24) is 4.90 Å². The van der Waals surface area contributed by atoms with Gasteiger partial charge in [0.05, 0.1) is 0 Å². The monoisotopic (exact) mass is 262 g/mol. The van der Waals surface area contributed by atoms with E-state index in [2.05, 4.69) is 62.9 Å². The fourth-order valence-electron chi connectivity index (χ4n) is 2.50. The molecule has 0 radical (unpaired) electrons. The minimum atomic E-state index is 0.263. The van der Waals surface area contributed by atoms with Crippen LogP contribution in [-0.2, 0) is 6.54 Å². The summed E-state index contributed by atoms with van der Waals surface area (Å²) in [6.45, 7) is 11.9. The predicted octanol–water partition coefficient (Wildman–Crippen LogP) is 3.66. The van der Waals surface area contributed by atoms with Crippen LogP contribution < -0.4 is 5.73 Å². The van der Waals surface area contributed by atoms with Crippen LogP contribution in [-0.4, -0.2) is 24.0 Å². The molecule has 2 N–H and O–H groups in total.